The fourth-order valence-electron chi connectivity index (χ4n) is 0.990. The summed E-state index contributed by atoms with van der Waals surface area (Å²) in [5.74, 6) is -4.00. The van der Waals surface area contributed by atoms with Crippen LogP contribution < -0.4 is 0 Å². The van der Waals surface area contributed by atoms with Crippen LogP contribution >= 0.6 is 0 Å². The van der Waals surface area contributed by atoms with Gasteiger partial charge in [-0.05, 0) is 6.07 Å². The first-order chi connectivity index (χ1) is 6.68. The summed E-state index contributed by atoms with van der Waals surface area (Å²) in [7, 11) is 0. The van der Waals surface area contributed by atoms with Crippen LogP contribution in [0.15, 0.2) is 24.5 Å². The molecule has 0 aliphatic heterocycles. The molecule has 2 heterocycles. The van der Waals surface area contributed by atoms with Crippen molar-refractivity contribution in [2.24, 2.45) is 0 Å². The summed E-state index contributed by atoms with van der Waals surface area (Å²) in [5, 5.41) is 3.64. The summed E-state index contributed by atoms with van der Waals surface area (Å²) in [6.45, 7) is 0. The lowest BCUT2D eigenvalue weighted by Crippen LogP contribution is -2.05. The fraction of sp³-hybridized carbons (Fsp3) is 0. The summed E-state index contributed by atoms with van der Waals surface area (Å²) in [5.41, 5.74) is 0. The molecule has 0 atom stereocenters. The molecule has 3 nitrogen and oxygen atoms in total. The average molecular weight is 199 g/mol. The third kappa shape index (κ3) is 1.34. The molecular formula is C8H4F3N3. The minimum atomic E-state index is -1.35. The van der Waals surface area contributed by atoms with Crippen molar-refractivity contribution in [3.8, 4) is 5.82 Å². The monoisotopic (exact) mass is 199 g/mol. The highest BCUT2D eigenvalue weighted by Crippen LogP contribution is 2.12. The maximum Gasteiger partial charge on any atom is 0.251 e. The van der Waals surface area contributed by atoms with E-state index in [0.29, 0.717) is 6.07 Å². The standard InChI is InChI=1S/C8H4F3N3/c9-5-4-6(10)8(13-7(5)11)14-3-1-2-12-14/h1-4H. The summed E-state index contributed by atoms with van der Waals surface area (Å²) >= 11 is 0. The Bertz CT molecular complexity index is 453. The van der Waals surface area contributed by atoms with Gasteiger partial charge in [0.1, 0.15) is 0 Å². The Morgan fingerprint density at radius 2 is 1.93 bits per heavy atom. The lowest BCUT2D eigenvalue weighted by Gasteiger charge is -2.01. The summed E-state index contributed by atoms with van der Waals surface area (Å²) in [6, 6.07) is 1.95. The summed E-state index contributed by atoms with van der Waals surface area (Å²) in [6.07, 6.45) is 2.76. The van der Waals surface area contributed by atoms with E-state index in [2.05, 4.69) is 10.1 Å². The zero-order chi connectivity index (χ0) is 10.1. The first-order valence-corrected chi connectivity index (χ1v) is 3.70. The zero-order valence-corrected chi connectivity index (χ0v) is 6.78. The van der Waals surface area contributed by atoms with Crippen LogP contribution in [0.25, 0.3) is 5.82 Å². The average Bonchev–Trinajstić information content (AvgIpc) is 2.64. The number of hydrogen-bond acceptors (Lipinski definition) is 2. The second-order valence-electron chi connectivity index (χ2n) is 2.52. The molecule has 2 aromatic rings. The lowest BCUT2D eigenvalue weighted by atomic mass is 10.4. The summed E-state index contributed by atoms with van der Waals surface area (Å²) < 4.78 is 39.2. The van der Waals surface area contributed by atoms with Crippen LogP contribution in [0.2, 0.25) is 0 Å². The van der Waals surface area contributed by atoms with Crippen molar-refractivity contribution in [2.45, 2.75) is 0 Å². The van der Waals surface area contributed by atoms with Gasteiger partial charge in [-0.25, -0.2) is 13.5 Å². The topological polar surface area (TPSA) is 30.7 Å². The zero-order valence-electron chi connectivity index (χ0n) is 6.78. The van der Waals surface area contributed by atoms with Gasteiger partial charge in [0.05, 0.1) is 0 Å². The van der Waals surface area contributed by atoms with Gasteiger partial charge >= 0.3 is 0 Å². The van der Waals surface area contributed by atoms with Crippen molar-refractivity contribution in [1.82, 2.24) is 14.8 Å². The van der Waals surface area contributed by atoms with Crippen LogP contribution in [0.5, 0.6) is 0 Å². The Hall–Kier alpha value is -1.85. The highest BCUT2D eigenvalue weighted by Gasteiger charge is 2.12. The smallest absolute Gasteiger partial charge is 0.220 e. The normalized spacial score (nSPS) is 10.5. The Kier molecular flexibility index (Phi) is 1.95. The van der Waals surface area contributed by atoms with E-state index in [1.165, 1.54) is 18.5 Å². The molecule has 0 fully saturated rings. The van der Waals surface area contributed by atoms with E-state index in [4.69, 9.17) is 0 Å². The highest BCUT2D eigenvalue weighted by atomic mass is 19.2. The second kappa shape index (κ2) is 3.13. The van der Waals surface area contributed by atoms with Crippen molar-refractivity contribution in [3.63, 3.8) is 0 Å². The van der Waals surface area contributed by atoms with Crippen LogP contribution in [-0.4, -0.2) is 14.8 Å². The third-order valence-corrected chi connectivity index (χ3v) is 1.59. The number of aromatic nitrogens is 3. The molecule has 0 aliphatic carbocycles. The van der Waals surface area contributed by atoms with E-state index in [0.717, 1.165) is 4.68 Å². The predicted molar refractivity (Wildman–Crippen MR) is 41.2 cm³/mol. The fourth-order valence-corrected chi connectivity index (χ4v) is 0.990. The number of halogens is 3. The van der Waals surface area contributed by atoms with E-state index in [9.17, 15) is 13.2 Å². The van der Waals surface area contributed by atoms with Crippen LogP contribution in [0.3, 0.4) is 0 Å². The molecule has 0 aliphatic rings. The molecule has 0 N–H and O–H groups in total. The summed E-state index contributed by atoms with van der Waals surface area (Å²) in [4.78, 5) is 3.10. The lowest BCUT2D eigenvalue weighted by molar-refractivity contribution is 0.458. The molecule has 0 saturated carbocycles. The number of hydrogen-bond donors (Lipinski definition) is 0. The molecule has 14 heavy (non-hydrogen) atoms. The van der Waals surface area contributed by atoms with Gasteiger partial charge in [0.15, 0.2) is 17.5 Å². The molecule has 0 radical (unpaired) electrons. The van der Waals surface area contributed by atoms with Gasteiger partial charge in [0.25, 0.3) is 5.95 Å². The number of rotatable bonds is 1. The molecular weight excluding hydrogens is 195 g/mol. The molecule has 2 rings (SSSR count). The van der Waals surface area contributed by atoms with Gasteiger partial charge in [0, 0.05) is 18.5 Å². The molecule has 0 unspecified atom stereocenters. The van der Waals surface area contributed by atoms with Gasteiger partial charge < -0.3 is 0 Å². The number of nitrogens with zero attached hydrogens (tertiary/aromatic N) is 3. The van der Waals surface area contributed by atoms with Gasteiger partial charge in [-0.3, -0.25) is 0 Å². The second-order valence-corrected chi connectivity index (χ2v) is 2.52. The Balaban J connectivity index is 2.60. The largest absolute Gasteiger partial charge is 0.251 e. The minimum absolute atomic E-state index is 0.367. The van der Waals surface area contributed by atoms with Crippen LogP contribution in [0, 0.1) is 17.6 Å². The SMILES string of the molecule is Fc1cc(F)c(-n2cccn2)nc1F. The van der Waals surface area contributed by atoms with Crippen molar-refractivity contribution in [2.75, 3.05) is 0 Å². The highest BCUT2D eigenvalue weighted by molar-refractivity contribution is 5.23. The van der Waals surface area contributed by atoms with Crippen LogP contribution in [-0.2, 0) is 0 Å². The maximum atomic E-state index is 13.1. The Labute approximate surface area is 76.8 Å². The Morgan fingerprint density at radius 1 is 1.14 bits per heavy atom. The third-order valence-electron chi connectivity index (χ3n) is 1.59. The maximum absolute atomic E-state index is 13.1. The predicted octanol–water partition coefficient (Wildman–Crippen LogP) is 1.68. The molecule has 6 heteroatoms. The molecule has 2 aromatic heterocycles. The number of pyridine rings is 1. The van der Waals surface area contributed by atoms with Gasteiger partial charge in [-0.1, -0.05) is 0 Å². The molecule has 0 amide bonds. The van der Waals surface area contributed by atoms with Gasteiger partial charge in [-0.2, -0.15) is 14.5 Å². The van der Waals surface area contributed by atoms with E-state index in [1.807, 2.05) is 0 Å². The first-order valence-electron chi connectivity index (χ1n) is 3.70. The Morgan fingerprint density at radius 3 is 2.57 bits per heavy atom. The van der Waals surface area contributed by atoms with Crippen molar-refractivity contribution in [1.29, 1.82) is 0 Å². The molecule has 0 bridgehead atoms. The molecule has 0 saturated heterocycles. The van der Waals surface area contributed by atoms with Gasteiger partial charge in [-0.15, -0.1) is 0 Å². The quantitative estimate of drug-likeness (QED) is 0.654. The van der Waals surface area contributed by atoms with Crippen molar-refractivity contribution < 1.29 is 13.2 Å². The van der Waals surface area contributed by atoms with Crippen LogP contribution in [0.4, 0.5) is 13.2 Å². The molecule has 72 valence electrons. The van der Waals surface area contributed by atoms with E-state index in [-0.39, 0.29) is 5.82 Å². The minimum Gasteiger partial charge on any atom is -0.220 e. The molecule has 0 spiro atoms. The van der Waals surface area contributed by atoms with E-state index in [1.54, 1.807) is 0 Å². The molecule has 0 aromatic carbocycles. The van der Waals surface area contributed by atoms with Gasteiger partial charge in [0.2, 0.25) is 0 Å². The first kappa shape index (κ1) is 8.74. The van der Waals surface area contributed by atoms with E-state index < -0.39 is 17.6 Å². The van der Waals surface area contributed by atoms with Crippen LogP contribution in [0.1, 0.15) is 0 Å². The van der Waals surface area contributed by atoms with Crippen molar-refractivity contribution in [3.05, 3.63) is 42.1 Å². The van der Waals surface area contributed by atoms with Crippen molar-refractivity contribution >= 4 is 0 Å². The van der Waals surface area contributed by atoms with E-state index >= 15 is 0 Å².